The van der Waals surface area contributed by atoms with Crippen molar-refractivity contribution in [2.24, 2.45) is 0 Å². The predicted molar refractivity (Wildman–Crippen MR) is 121 cm³/mol. The first-order chi connectivity index (χ1) is 16.0. The summed E-state index contributed by atoms with van der Waals surface area (Å²) in [5.74, 6) is 1.38. The molecule has 3 aromatic rings. The molecule has 0 unspecified atom stereocenters. The number of ether oxygens (including phenoxy) is 3. The van der Waals surface area contributed by atoms with Gasteiger partial charge in [-0.15, -0.1) is 0 Å². The van der Waals surface area contributed by atoms with Crippen molar-refractivity contribution in [2.75, 3.05) is 25.7 Å². The first-order valence-electron chi connectivity index (χ1n) is 10.2. The lowest BCUT2D eigenvalue weighted by molar-refractivity contribution is 0.347. The average molecular weight is 487 g/mol. The van der Waals surface area contributed by atoms with Gasteiger partial charge in [-0.2, -0.15) is 9.97 Å². The number of fused-ring (bicyclic) bond motifs is 4. The molecule has 0 aliphatic carbocycles. The Bertz CT molecular complexity index is 1420. The van der Waals surface area contributed by atoms with Gasteiger partial charge < -0.3 is 19.3 Å². The normalized spacial score (nSPS) is 17.6. The molecule has 0 fully saturated rings. The number of aromatic nitrogens is 4. The number of benzene rings is 1. The van der Waals surface area contributed by atoms with Crippen molar-refractivity contribution in [3.63, 3.8) is 0 Å². The fourth-order valence-corrected chi connectivity index (χ4v) is 6.34. The molecule has 0 radical (unpaired) electrons. The van der Waals surface area contributed by atoms with Gasteiger partial charge in [0, 0.05) is 36.2 Å². The Morgan fingerprint density at radius 1 is 0.970 bits per heavy atom. The van der Waals surface area contributed by atoms with Crippen molar-refractivity contribution >= 4 is 23.5 Å². The van der Waals surface area contributed by atoms with Gasteiger partial charge in [0.2, 0.25) is 11.8 Å². The summed E-state index contributed by atoms with van der Waals surface area (Å²) in [6, 6.07) is 3.30. The number of nitrogens with zero attached hydrogens (tertiary/aromatic N) is 4. The molecule has 1 aromatic carbocycles. The van der Waals surface area contributed by atoms with Crippen LogP contribution >= 0.6 is 23.5 Å². The third-order valence-electron chi connectivity index (χ3n) is 5.99. The molecule has 12 heteroatoms. The van der Waals surface area contributed by atoms with Crippen LogP contribution in [0.3, 0.4) is 0 Å². The minimum atomic E-state index is -0.935. The highest BCUT2D eigenvalue weighted by molar-refractivity contribution is 7.99. The minimum Gasteiger partial charge on any atom is -0.493 e. The van der Waals surface area contributed by atoms with Crippen LogP contribution in [0.4, 0.5) is 0 Å². The lowest BCUT2D eigenvalue weighted by Gasteiger charge is -2.28. The molecule has 170 valence electrons. The Morgan fingerprint density at radius 3 is 2.24 bits per heavy atom. The van der Waals surface area contributed by atoms with Crippen LogP contribution < -0.4 is 25.3 Å². The highest BCUT2D eigenvalue weighted by Crippen LogP contribution is 2.50. The third-order valence-corrected chi connectivity index (χ3v) is 7.90. The summed E-state index contributed by atoms with van der Waals surface area (Å²) >= 11 is 2.87. The maximum Gasteiger partial charge on any atom is 0.262 e. The van der Waals surface area contributed by atoms with E-state index >= 15 is 0 Å². The molecule has 33 heavy (non-hydrogen) atoms. The van der Waals surface area contributed by atoms with E-state index in [0.717, 1.165) is 5.75 Å². The number of aromatic hydroxyl groups is 1. The van der Waals surface area contributed by atoms with E-state index in [1.165, 1.54) is 42.3 Å². The van der Waals surface area contributed by atoms with E-state index in [1.54, 1.807) is 16.7 Å². The smallest absolute Gasteiger partial charge is 0.262 e. The van der Waals surface area contributed by atoms with E-state index in [-0.39, 0.29) is 28.1 Å². The monoisotopic (exact) mass is 486 g/mol. The second-order valence-corrected chi connectivity index (χ2v) is 9.76. The molecule has 5 heterocycles. The van der Waals surface area contributed by atoms with E-state index in [1.807, 2.05) is 0 Å². The molecular formula is C21H18N4O6S2. The lowest BCUT2D eigenvalue weighted by Crippen LogP contribution is -2.34. The van der Waals surface area contributed by atoms with Crippen molar-refractivity contribution in [1.29, 1.82) is 0 Å². The van der Waals surface area contributed by atoms with E-state index in [0.29, 0.717) is 52.0 Å². The number of thioether (sulfide) groups is 2. The summed E-state index contributed by atoms with van der Waals surface area (Å²) in [4.78, 5) is 36.0. The van der Waals surface area contributed by atoms with Crippen molar-refractivity contribution in [3.8, 4) is 29.0 Å². The van der Waals surface area contributed by atoms with Crippen LogP contribution in [0.5, 0.6) is 29.0 Å². The molecule has 6 rings (SSSR count). The van der Waals surface area contributed by atoms with Crippen molar-refractivity contribution in [3.05, 3.63) is 49.5 Å². The maximum atomic E-state index is 13.6. The van der Waals surface area contributed by atoms with Crippen LogP contribution in [-0.4, -0.2) is 49.9 Å². The van der Waals surface area contributed by atoms with Crippen LogP contribution in [0.15, 0.2) is 32.0 Å². The van der Waals surface area contributed by atoms with Crippen LogP contribution in [0.25, 0.3) is 0 Å². The molecule has 0 amide bonds. The largest absolute Gasteiger partial charge is 0.493 e. The fraction of sp³-hybridized carbons (Fsp3) is 0.333. The molecule has 3 aliphatic rings. The Labute approximate surface area is 195 Å². The van der Waals surface area contributed by atoms with Gasteiger partial charge in [0.25, 0.3) is 11.1 Å². The molecule has 0 saturated heterocycles. The molecule has 0 saturated carbocycles. The Morgan fingerprint density at radius 2 is 1.58 bits per heavy atom. The molecule has 0 spiro atoms. The first kappa shape index (κ1) is 20.5. The summed E-state index contributed by atoms with van der Waals surface area (Å²) in [7, 11) is 3.00. The maximum absolute atomic E-state index is 13.6. The van der Waals surface area contributed by atoms with Crippen molar-refractivity contribution < 1.29 is 19.3 Å². The summed E-state index contributed by atoms with van der Waals surface area (Å²) in [6.07, 6.45) is 0. The minimum absolute atomic E-state index is 0.0179. The molecule has 1 atom stereocenters. The molecule has 1 N–H and O–H groups in total. The Kier molecular flexibility index (Phi) is 4.63. The van der Waals surface area contributed by atoms with Crippen LogP contribution in [-0.2, 0) is 13.1 Å². The Balaban J connectivity index is 1.70. The van der Waals surface area contributed by atoms with Crippen molar-refractivity contribution in [1.82, 2.24) is 19.1 Å². The van der Waals surface area contributed by atoms with E-state index in [4.69, 9.17) is 14.2 Å². The number of methoxy groups -OCH3 is 2. The van der Waals surface area contributed by atoms with Gasteiger partial charge in [-0.25, -0.2) is 0 Å². The van der Waals surface area contributed by atoms with Gasteiger partial charge in [0.05, 0.1) is 31.3 Å². The highest BCUT2D eigenvalue weighted by Gasteiger charge is 2.40. The second-order valence-electron chi connectivity index (χ2n) is 7.64. The van der Waals surface area contributed by atoms with Crippen molar-refractivity contribution in [2.45, 2.75) is 29.3 Å². The van der Waals surface area contributed by atoms with E-state index in [2.05, 4.69) is 9.97 Å². The Hall–Kier alpha value is -3.12. The van der Waals surface area contributed by atoms with Crippen LogP contribution in [0.2, 0.25) is 0 Å². The molecule has 2 aromatic heterocycles. The lowest BCUT2D eigenvalue weighted by atomic mass is 9.84. The van der Waals surface area contributed by atoms with Crippen LogP contribution in [0, 0.1) is 0 Å². The second kappa shape index (κ2) is 7.45. The highest BCUT2D eigenvalue weighted by atomic mass is 32.2. The van der Waals surface area contributed by atoms with Gasteiger partial charge in [0.1, 0.15) is 5.75 Å². The topological polar surface area (TPSA) is 118 Å². The molecular weight excluding hydrogens is 468 g/mol. The standard InChI is InChI=1S/C21H18N4O6S2/c1-29-11-7-9-10(8-12(11)30-2)31-17-15(19(28)25-4-6-33-21(25)23-17)13(9)14-16(26)22-20-24(18(14)27)3-5-32-20/h7-8,13,26H,3-6H2,1-2H3/t13-/m0/s1. The quantitative estimate of drug-likeness (QED) is 0.431. The third kappa shape index (κ3) is 2.90. The van der Waals surface area contributed by atoms with Gasteiger partial charge >= 0.3 is 0 Å². The zero-order chi connectivity index (χ0) is 22.9. The molecule has 0 bridgehead atoms. The van der Waals surface area contributed by atoms with Crippen LogP contribution in [0.1, 0.15) is 22.6 Å². The molecule has 10 nitrogen and oxygen atoms in total. The summed E-state index contributed by atoms with van der Waals surface area (Å²) < 4.78 is 20.0. The first-order valence-corrected chi connectivity index (χ1v) is 12.2. The van der Waals surface area contributed by atoms with E-state index < -0.39 is 11.8 Å². The zero-order valence-electron chi connectivity index (χ0n) is 17.7. The fourth-order valence-electron chi connectivity index (χ4n) is 4.47. The van der Waals surface area contributed by atoms with Gasteiger partial charge in [-0.05, 0) is 6.07 Å². The number of rotatable bonds is 3. The van der Waals surface area contributed by atoms with Gasteiger partial charge in [-0.3, -0.25) is 18.7 Å². The van der Waals surface area contributed by atoms with Gasteiger partial charge in [-0.1, -0.05) is 23.5 Å². The summed E-state index contributed by atoms with van der Waals surface area (Å²) in [5.41, 5.74) is 0.0147. The predicted octanol–water partition coefficient (Wildman–Crippen LogP) is 2.02. The van der Waals surface area contributed by atoms with E-state index in [9.17, 15) is 14.7 Å². The van der Waals surface area contributed by atoms with Gasteiger partial charge in [0.15, 0.2) is 21.8 Å². The SMILES string of the molecule is COc1cc2c(cc1OC)[C@@H](c1c(O)nc3n(c1=O)CCS3)c1c(nc3n(c1=O)CCS3)O2. The number of hydrogen-bond acceptors (Lipinski definition) is 10. The number of hydrogen-bond donors (Lipinski definition) is 1. The summed E-state index contributed by atoms with van der Waals surface area (Å²) in [6.45, 7) is 0.987. The molecule has 3 aliphatic heterocycles. The summed E-state index contributed by atoms with van der Waals surface area (Å²) in [5, 5.41) is 11.9. The zero-order valence-corrected chi connectivity index (χ0v) is 19.3. The average Bonchev–Trinajstić information content (AvgIpc) is 3.47.